The third-order valence-corrected chi connectivity index (χ3v) is 9.17. The molecule has 0 radical (unpaired) electrons. The van der Waals surface area contributed by atoms with Gasteiger partial charge in [-0.2, -0.15) is 0 Å². The van der Waals surface area contributed by atoms with E-state index in [1.807, 2.05) is 0 Å². The Morgan fingerprint density at radius 3 is 1.92 bits per heavy atom. The highest BCUT2D eigenvalue weighted by molar-refractivity contribution is 5.75. The summed E-state index contributed by atoms with van der Waals surface area (Å²) >= 11 is 0. The average Bonchev–Trinajstić information content (AvgIpc) is 2.90. The van der Waals surface area contributed by atoms with Gasteiger partial charge < -0.3 is 9.47 Å². The van der Waals surface area contributed by atoms with Gasteiger partial charge in [-0.15, -0.1) is 0 Å². The van der Waals surface area contributed by atoms with Gasteiger partial charge >= 0.3 is 5.97 Å². The third-order valence-electron chi connectivity index (χ3n) is 9.17. The molecule has 0 saturated heterocycles. The summed E-state index contributed by atoms with van der Waals surface area (Å²) in [7, 11) is 0. The van der Waals surface area contributed by atoms with Crippen molar-refractivity contribution in [1.29, 1.82) is 0 Å². The molecule has 3 fully saturated rings. The van der Waals surface area contributed by atoms with Gasteiger partial charge in [0.25, 0.3) is 0 Å². The summed E-state index contributed by atoms with van der Waals surface area (Å²) in [5.41, 5.74) is 0. The highest BCUT2D eigenvalue weighted by Gasteiger charge is 2.32. The molecular formula is C30H43F3O3. The van der Waals surface area contributed by atoms with E-state index in [9.17, 15) is 18.0 Å². The molecule has 4 rings (SSSR count). The van der Waals surface area contributed by atoms with E-state index in [-0.39, 0.29) is 17.8 Å². The number of hydrogen-bond acceptors (Lipinski definition) is 3. The number of rotatable bonds is 9. The highest BCUT2D eigenvalue weighted by atomic mass is 19.2. The minimum absolute atomic E-state index is 0.158. The summed E-state index contributed by atoms with van der Waals surface area (Å²) in [5, 5.41) is 0. The van der Waals surface area contributed by atoms with Crippen LogP contribution < -0.4 is 4.74 Å². The Kier molecular flexibility index (Phi) is 10.1. The van der Waals surface area contributed by atoms with Gasteiger partial charge in [-0.3, -0.25) is 4.79 Å². The summed E-state index contributed by atoms with van der Waals surface area (Å²) in [6, 6.07) is 1.41. The van der Waals surface area contributed by atoms with E-state index in [2.05, 4.69) is 6.92 Å². The van der Waals surface area contributed by atoms with Gasteiger partial charge in [-0.25, -0.2) is 13.2 Å². The second-order valence-corrected chi connectivity index (χ2v) is 11.6. The minimum Gasteiger partial charge on any atom is -0.426 e. The minimum atomic E-state index is -1.56. The molecule has 3 aliphatic rings. The van der Waals surface area contributed by atoms with E-state index in [0.29, 0.717) is 30.9 Å². The van der Waals surface area contributed by atoms with Crippen molar-refractivity contribution < 1.29 is 27.4 Å². The Balaban J connectivity index is 1.10. The number of esters is 1. The Hall–Kier alpha value is -1.56. The second kappa shape index (κ2) is 13.3. The van der Waals surface area contributed by atoms with Crippen LogP contribution in [0.4, 0.5) is 13.2 Å². The first kappa shape index (κ1) is 27.5. The average molecular weight is 509 g/mol. The van der Waals surface area contributed by atoms with Crippen molar-refractivity contribution in [3.63, 3.8) is 0 Å². The summed E-state index contributed by atoms with van der Waals surface area (Å²) in [6.45, 7) is 3.10. The first-order chi connectivity index (χ1) is 17.4. The normalized spacial score (nSPS) is 31.2. The van der Waals surface area contributed by atoms with Gasteiger partial charge in [0.15, 0.2) is 17.5 Å². The number of carbonyl (C=O) groups excluding carboxylic acids is 1. The lowest BCUT2D eigenvalue weighted by atomic mass is 9.69. The van der Waals surface area contributed by atoms with Crippen LogP contribution in [-0.4, -0.2) is 18.7 Å². The standard InChI is InChI=1S/C30H43F3O3/c1-2-3-4-20-5-9-22(10-6-20)23-11-7-21(8-12-23)19-35-25-15-13-24(14-16-25)30(34)36-26-17-27(31)29(33)28(32)18-26/h17-18,20-25H,2-16,19H2,1H3. The molecule has 1 aromatic carbocycles. The quantitative estimate of drug-likeness (QED) is 0.191. The fourth-order valence-corrected chi connectivity index (χ4v) is 6.80. The summed E-state index contributed by atoms with van der Waals surface area (Å²) in [5.74, 6) is -1.94. The van der Waals surface area contributed by atoms with E-state index in [1.54, 1.807) is 0 Å². The summed E-state index contributed by atoms with van der Waals surface area (Å²) in [6.07, 6.45) is 18.1. The molecule has 0 heterocycles. The van der Waals surface area contributed by atoms with E-state index >= 15 is 0 Å². The van der Waals surface area contributed by atoms with Gasteiger partial charge in [-0.1, -0.05) is 39.0 Å². The van der Waals surface area contributed by atoms with Crippen LogP contribution >= 0.6 is 0 Å². The summed E-state index contributed by atoms with van der Waals surface area (Å²) < 4.78 is 51.2. The SMILES string of the molecule is CCCCC1CCC(C2CCC(COC3CCC(C(=O)Oc4cc(F)c(F)c(F)c4)CC3)CC2)CC1. The lowest BCUT2D eigenvalue weighted by Crippen LogP contribution is -2.31. The van der Waals surface area contributed by atoms with Crippen LogP contribution in [0, 0.1) is 47.0 Å². The maximum absolute atomic E-state index is 13.4. The van der Waals surface area contributed by atoms with E-state index in [0.717, 1.165) is 37.2 Å². The predicted molar refractivity (Wildman–Crippen MR) is 134 cm³/mol. The van der Waals surface area contributed by atoms with E-state index in [4.69, 9.17) is 9.47 Å². The highest BCUT2D eigenvalue weighted by Crippen LogP contribution is 2.42. The second-order valence-electron chi connectivity index (χ2n) is 11.6. The van der Waals surface area contributed by atoms with Crippen molar-refractivity contribution in [1.82, 2.24) is 0 Å². The molecule has 0 spiro atoms. The van der Waals surface area contributed by atoms with Crippen molar-refractivity contribution >= 4 is 5.97 Å². The fourth-order valence-electron chi connectivity index (χ4n) is 6.80. The Morgan fingerprint density at radius 2 is 1.36 bits per heavy atom. The zero-order valence-corrected chi connectivity index (χ0v) is 21.8. The van der Waals surface area contributed by atoms with Crippen LogP contribution in [0.15, 0.2) is 12.1 Å². The molecule has 6 heteroatoms. The predicted octanol–water partition coefficient (Wildman–Crippen LogP) is 8.39. The third kappa shape index (κ3) is 7.49. The smallest absolute Gasteiger partial charge is 0.314 e. The van der Waals surface area contributed by atoms with E-state index < -0.39 is 23.4 Å². The Bertz CT molecular complexity index is 813. The molecule has 3 aliphatic carbocycles. The molecule has 0 amide bonds. The van der Waals surface area contributed by atoms with Crippen LogP contribution in [-0.2, 0) is 9.53 Å². The molecular weight excluding hydrogens is 465 g/mol. The van der Waals surface area contributed by atoms with Crippen LogP contribution in [0.5, 0.6) is 5.75 Å². The first-order valence-corrected chi connectivity index (χ1v) is 14.4. The zero-order chi connectivity index (χ0) is 25.5. The van der Waals surface area contributed by atoms with Crippen molar-refractivity contribution in [2.24, 2.45) is 29.6 Å². The van der Waals surface area contributed by atoms with Crippen molar-refractivity contribution in [3.8, 4) is 5.75 Å². The zero-order valence-electron chi connectivity index (χ0n) is 21.8. The monoisotopic (exact) mass is 508 g/mol. The largest absolute Gasteiger partial charge is 0.426 e. The molecule has 0 bridgehead atoms. The molecule has 0 aliphatic heterocycles. The maximum atomic E-state index is 13.4. The first-order valence-electron chi connectivity index (χ1n) is 14.4. The number of ether oxygens (including phenoxy) is 2. The molecule has 202 valence electrons. The van der Waals surface area contributed by atoms with Crippen LogP contribution in [0.1, 0.15) is 103 Å². The van der Waals surface area contributed by atoms with Gasteiger partial charge in [0, 0.05) is 18.7 Å². The van der Waals surface area contributed by atoms with Crippen molar-refractivity contribution in [3.05, 3.63) is 29.6 Å². The lowest BCUT2D eigenvalue weighted by molar-refractivity contribution is -0.141. The van der Waals surface area contributed by atoms with Crippen molar-refractivity contribution in [2.75, 3.05) is 6.61 Å². The topological polar surface area (TPSA) is 35.5 Å². The number of benzene rings is 1. The maximum Gasteiger partial charge on any atom is 0.314 e. The van der Waals surface area contributed by atoms with Crippen LogP contribution in [0.2, 0.25) is 0 Å². The van der Waals surface area contributed by atoms with Gasteiger partial charge in [0.1, 0.15) is 5.75 Å². The van der Waals surface area contributed by atoms with Crippen LogP contribution in [0.3, 0.4) is 0 Å². The molecule has 0 N–H and O–H groups in total. The molecule has 0 unspecified atom stereocenters. The Labute approximate surface area is 214 Å². The fraction of sp³-hybridized carbons (Fsp3) is 0.767. The molecule has 36 heavy (non-hydrogen) atoms. The number of hydrogen-bond donors (Lipinski definition) is 0. The van der Waals surface area contributed by atoms with Crippen molar-refractivity contribution in [2.45, 2.75) is 109 Å². The van der Waals surface area contributed by atoms with Gasteiger partial charge in [0.2, 0.25) is 0 Å². The summed E-state index contributed by atoms with van der Waals surface area (Å²) in [4.78, 5) is 12.4. The molecule has 1 aromatic rings. The van der Waals surface area contributed by atoms with E-state index in [1.165, 1.54) is 70.6 Å². The lowest BCUT2D eigenvalue weighted by Gasteiger charge is -2.38. The molecule has 3 saturated carbocycles. The number of halogens is 3. The van der Waals surface area contributed by atoms with Gasteiger partial charge in [-0.05, 0) is 87.9 Å². The van der Waals surface area contributed by atoms with Gasteiger partial charge in [0.05, 0.1) is 12.0 Å². The number of unbranched alkanes of at least 4 members (excludes halogenated alkanes) is 1. The Morgan fingerprint density at radius 1 is 0.806 bits per heavy atom. The molecule has 0 aromatic heterocycles. The molecule has 0 atom stereocenters. The van der Waals surface area contributed by atoms with Crippen LogP contribution in [0.25, 0.3) is 0 Å². The number of carbonyl (C=O) groups is 1. The molecule has 3 nitrogen and oxygen atoms in total.